The average molecular weight is 236 g/mol. The van der Waals surface area contributed by atoms with Gasteiger partial charge in [-0.25, -0.2) is 0 Å². The first-order valence-corrected chi connectivity index (χ1v) is 6.99. The summed E-state index contributed by atoms with van der Waals surface area (Å²) in [6.07, 6.45) is 1.69. The third-order valence-electron chi connectivity index (χ3n) is 3.05. The fourth-order valence-electron chi connectivity index (χ4n) is 2.60. The molecule has 1 heterocycles. The minimum absolute atomic E-state index is 0.256. The molecule has 0 bridgehead atoms. The van der Waals surface area contributed by atoms with E-state index in [1.807, 2.05) is 30.0 Å². The van der Waals surface area contributed by atoms with Gasteiger partial charge < -0.3 is 5.11 Å². The molecular formula is C14H20OS. The molecule has 2 rings (SSSR count). The molecule has 2 heteroatoms. The minimum Gasteiger partial charge on any atom is -0.389 e. The summed E-state index contributed by atoms with van der Waals surface area (Å²) in [5.74, 6) is 2.02. The lowest BCUT2D eigenvalue weighted by molar-refractivity contribution is 0.0200. The molecule has 0 radical (unpaired) electrons. The second kappa shape index (κ2) is 4.42. The molecular weight excluding hydrogens is 216 g/mol. The largest absolute Gasteiger partial charge is 0.389 e. The maximum absolute atomic E-state index is 10.6. The summed E-state index contributed by atoms with van der Waals surface area (Å²) in [6, 6.07) is 10.3. The van der Waals surface area contributed by atoms with Crippen LogP contribution in [0, 0.1) is 5.41 Å². The van der Waals surface area contributed by atoms with Crippen molar-refractivity contribution >= 4 is 11.8 Å². The van der Waals surface area contributed by atoms with E-state index in [1.54, 1.807) is 0 Å². The Morgan fingerprint density at radius 3 is 2.50 bits per heavy atom. The Hall–Kier alpha value is -0.470. The molecule has 1 aliphatic rings. The standard InChI is InChI=1S/C14H20OS/c1-13(2)9-14(15,11-16-10-13)8-12-6-4-3-5-7-12/h3-7,15H,8-11H2,1-2H3. The van der Waals surface area contributed by atoms with Gasteiger partial charge in [0.2, 0.25) is 0 Å². The van der Waals surface area contributed by atoms with Crippen molar-refractivity contribution in [2.75, 3.05) is 11.5 Å². The molecule has 1 atom stereocenters. The highest BCUT2D eigenvalue weighted by molar-refractivity contribution is 7.99. The molecule has 0 amide bonds. The number of hydrogen-bond donors (Lipinski definition) is 1. The molecule has 1 aliphatic heterocycles. The fourth-order valence-corrected chi connectivity index (χ4v) is 3.94. The molecule has 1 saturated heterocycles. The summed E-state index contributed by atoms with van der Waals surface area (Å²) in [7, 11) is 0. The van der Waals surface area contributed by atoms with Crippen LogP contribution in [-0.4, -0.2) is 22.2 Å². The maximum atomic E-state index is 10.6. The van der Waals surface area contributed by atoms with Crippen LogP contribution in [0.1, 0.15) is 25.8 Å². The molecule has 1 aromatic rings. The third-order valence-corrected chi connectivity index (χ3v) is 4.77. The van der Waals surface area contributed by atoms with Gasteiger partial charge >= 0.3 is 0 Å². The molecule has 0 saturated carbocycles. The zero-order chi connectivity index (χ0) is 11.6. The van der Waals surface area contributed by atoms with Gasteiger partial charge in [-0.3, -0.25) is 0 Å². The summed E-state index contributed by atoms with van der Waals surface area (Å²) in [6.45, 7) is 4.49. The molecule has 1 nitrogen and oxygen atoms in total. The zero-order valence-electron chi connectivity index (χ0n) is 10.1. The van der Waals surface area contributed by atoms with Gasteiger partial charge in [0.1, 0.15) is 0 Å². The predicted molar refractivity (Wildman–Crippen MR) is 70.8 cm³/mol. The molecule has 1 N–H and O–H groups in total. The second-order valence-corrected chi connectivity index (χ2v) is 6.71. The fraction of sp³-hybridized carbons (Fsp3) is 0.571. The predicted octanol–water partition coefficient (Wildman–Crippen LogP) is 3.12. The van der Waals surface area contributed by atoms with E-state index in [0.29, 0.717) is 0 Å². The van der Waals surface area contributed by atoms with Crippen molar-refractivity contribution in [3.05, 3.63) is 35.9 Å². The quantitative estimate of drug-likeness (QED) is 0.851. The molecule has 88 valence electrons. The highest BCUT2D eigenvalue weighted by Gasteiger charge is 2.38. The maximum Gasteiger partial charge on any atom is 0.0783 e. The van der Waals surface area contributed by atoms with Crippen LogP contribution in [0.2, 0.25) is 0 Å². The Bertz CT molecular complexity index is 347. The number of rotatable bonds is 2. The molecule has 1 fully saturated rings. The molecule has 0 aliphatic carbocycles. The van der Waals surface area contributed by atoms with Gasteiger partial charge in [-0.2, -0.15) is 11.8 Å². The van der Waals surface area contributed by atoms with Gasteiger partial charge in [0, 0.05) is 12.2 Å². The van der Waals surface area contributed by atoms with Gasteiger partial charge in [-0.1, -0.05) is 44.2 Å². The average Bonchev–Trinajstić information content (AvgIpc) is 2.16. The second-order valence-electron chi connectivity index (χ2n) is 5.72. The summed E-state index contributed by atoms with van der Waals surface area (Å²) in [5.41, 5.74) is 0.975. The van der Waals surface area contributed by atoms with Gasteiger partial charge in [0.05, 0.1) is 5.60 Å². The lowest BCUT2D eigenvalue weighted by atomic mass is 9.79. The molecule has 1 unspecified atom stereocenters. The molecule has 1 aromatic carbocycles. The number of thioether (sulfide) groups is 1. The molecule has 0 aromatic heterocycles. The summed E-state index contributed by atoms with van der Waals surface area (Å²) >= 11 is 1.88. The van der Waals surface area contributed by atoms with E-state index < -0.39 is 5.60 Å². The van der Waals surface area contributed by atoms with E-state index in [-0.39, 0.29) is 5.41 Å². The van der Waals surface area contributed by atoms with E-state index in [4.69, 9.17) is 0 Å². The lowest BCUT2D eigenvalue weighted by Gasteiger charge is -2.41. The van der Waals surface area contributed by atoms with E-state index >= 15 is 0 Å². The van der Waals surface area contributed by atoms with Crippen LogP contribution >= 0.6 is 11.8 Å². The Morgan fingerprint density at radius 2 is 1.88 bits per heavy atom. The first kappa shape index (κ1) is 12.0. The van der Waals surface area contributed by atoms with Crippen molar-refractivity contribution in [3.63, 3.8) is 0 Å². The van der Waals surface area contributed by atoms with E-state index in [0.717, 1.165) is 24.3 Å². The zero-order valence-corrected chi connectivity index (χ0v) is 10.9. The first-order chi connectivity index (χ1) is 7.49. The SMILES string of the molecule is CC1(C)CSCC(O)(Cc2ccccc2)C1. The summed E-state index contributed by atoms with van der Waals surface area (Å²) in [4.78, 5) is 0. The first-order valence-electron chi connectivity index (χ1n) is 5.83. The van der Waals surface area contributed by atoms with Crippen LogP contribution in [0.3, 0.4) is 0 Å². The Balaban J connectivity index is 2.08. The van der Waals surface area contributed by atoms with Crippen molar-refractivity contribution < 1.29 is 5.11 Å². The monoisotopic (exact) mass is 236 g/mol. The van der Waals surface area contributed by atoms with Crippen LogP contribution in [-0.2, 0) is 6.42 Å². The summed E-state index contributed by atoms with van der Waals surface area (Å²) in [5, 5.41) is 10.6. The van der Waals surface area contributed by atoms with Gasteiger partial charge in [0.15, 0.2) is 0 Å². The van der Waals surface area contributed by atoms with Crippen molar-refractivity contribution in [2.45, 2.75) is 32.3 Å². The Labute approximate surface area is 102 Å². The molecule has 16 heavy (non-hydrogen) atoms. The van der Waals surface area contributed by atoms with Gasteiger partial charge in [-0.05, 0) is 23.2 Å². The summed E-state index contributed by atoms with van der Waals surface area (Å²) < 4.78 is 0. The topological polar surface area (TPSA) is 20.2 Å². The number of aliphatic hydroxyl groups is 1. The van der Waals surface area contributed by atoms with Crippen LogP contribution in [0.4, 0.5) is 0 Å². The normalized spacial score (nSPS) is 28.9. The van der Waals surface area contributed by atoms with E-state index in [1.165, 1.54) is 5.56 Å². The molecule has 0 spiro atoms. The number of benzene rings is 1. The van der Waals surface area contributed by atoms with Crippen molar-refractivity contribution in [1.29, 1.82) is 0 Å². The Morgan fingerprint density at radius 1 is 1.19 bits per heavy atom. The van der Waals surface area contributed by atoms with Crippen molar-refractivity contribution in [1.82, 2.24) is 0 Å². The lowest BCUT2D eigenvalue weighted by Crippen LogP contribution is -2.44. The van der Waals surface area contributed by atoms with E-state index in [2.05, 4.69) is 26.0 Å². The van der Waals surface area contributed by atoms with Crippen molar-refractivity contribution in [3.8, 4) is 0 Å². The van der Waals surface area contributed by atoms with E-state index in [9.17, 15) is 5.11 Å². The highest BCUT2D eigenvalue weighted by Crippen LogP contribution is 2.40. The van der Waals surface area contributed by atoms with Crippen molar-refractivity contribution in [2.24, 2.45) is 5.41 Å². The Kier molecular flexibility index (Phi) is 3.32. The minimum atomic E-state index is -0.520. The van der Waals surface area contributed by atoms with Gasteiger partial charge in [-0.15, -0.1) is 0 Å². The van der Waals surface area contributed by atoms with Crippen LogP contribution in [0.25, 0.3) is 0 Å². The van der Waals surface area contributed by atoms with Gasteiger partial charge in [0.25, 0.3) is 0 Å². The third kappa shape index (κ3) is 3.02. The number of hydrogen-bond acceptors (Lipinski definition) is 2. The highest BCUT2D eigenvalue weighted by atomic mass is 32.2. The van der Waals surface area contributed by atoms with Crippen LogP contribution in [0.5, 0.6) is 0 Å². The van der Waals surface area contributed by atoms with Crippen LogP contribution < -0.4 is 0 Å². The van der Waals surface area contributed by atoms with Crippen LogP contribution in [0.15, 0.2) is 30.3 Å². The smallest absolute Gasteiger partial charge is 0.0783 e.